The summed E-state index contributed by atoms with van der Waals surface area (Å²) in [6.45, 7) is 1.44. The van der Waals surface area contributed by atoms with E-state index in [0.717, 1.165) is 12.5 Å². The van der Waals surface area contributed by atoms with Gasteiger partial charge in [-0.05, 0) is 24.1 Å². The van der Waals surface area contributed by atoms with Gasteiger partial charge in [-0.1, -0.05) is 12.1 Å². The zero-order valence-corrected chi connectivity index (χ0v) is 10.3. The average Bonchev–Trinajstić information content (AvgIpc) is 2.88. The maximum Gasteiger partial charge on any atom is 0.328 e. The maximum atomic E-state index is 13.8. The lowest BCUT2D eigenvalue weighted by molar-refractivity contribution is -0.131. The lowest BCUT2D eigenvalue weighted by Gasteiger charge is -2.10. The standard InChI is InChI=1S/C14H15FO4/c15-13-7-10(2-4-14(16)17)1-3-11(13)8-19-12-5-6-18-9-12/h1-4,7,12H,5-6,8-9H2,(H,16,17). The summed E-state index contributed by atoms with van der Waals surface area (Å²) in [6, 6.07) is 4.56. The summed E-state index contributed by atoms with van der Waals surface area (Å²) < 4.78 is 24.5. The highest BCUT2D eigenvalue weighted by Crippen LogP contribution is 2.16. The zero-order valence-electron chi connectivity index (χ0n) is 10.3. The molecule has 1 aliphatic rings. The highest BCUT2D eigenvalue weighted by atomic mass is 19.1. The molecule has 4 nitrogen and oxygen atoms in total. The summed E-state index contributed by atoms with van der Waals surface area (Å²) in [7, 11) is 0. The molecule has 1 saturated heterocycles. The predicted molar refractivity (Wildman–Crippen MR) is 67.1 cm³/mol. The van der Waals surface area contributed by atoms with Gasteiger partial charge in [-0.3, -0.25) is 0 Å². The molecule has 1 heterocycles. The molecule has 0 bridgehead atoms. The number of carboxylic acids is 1. The van der Waals surface area contributed by atoms with Gasteiger partial charge in [-0.25, -0.2) is 9.18 Å². The number of rotatable bonds is 5. The lowest BCUT2D eigenvalue weighted by Crippen LogP contribution is -2.12. The summed E-state index contributed by atoms with van der Waals surface area (Å²) in [5.74, 6) is -1.46. The van der Waals surface area contributed by atoms with E-state index < -0.39 is 11.8 Å². The van der Waals surface area contributed by atoms with Crippen molar-refractivity contribution < 1.29 is 23.8 Å². The van der Waals surface area contributed by atoms with E-state index in [1.54, 1.807) is 12.1 Å². The van der Waals surface area contributed by atoms with Crippen molar-refractivity contribution in [2.75, 3.05) is 13.2 Å². The van der Waals surface area contributed by atoms with Gasteiger partial charge in [0.05, 0.1) is 19.3 Å². The second-order valence-corrected chi connectivity index (χ2v) is 4.32. The van der Waals surface area contributed by atoms with Gasteiger partial charge in [-0.2, -0.15) is 0 Å². The molecule has 5 heteroatoms. The summed E-state index contributed by atoms with van der Waals surface area (Å²) in [5.41, 5.74) is 0.965. The molecule has 0 spiro atoms. The number of ether oxygens (including phenoxy) is 2. The molecule has 0 saturated carbocycles. The van der Waals surface area contributed by atoms with Crippen LogP contribution in [-0.4, -0.2) is 30.4 Å². The van der Waals surface area contributed by atoms with E-state index >= 15 is 0 Å². The van der Waals surface area contributed by atoms with Crippen LogP contribution in [0.1, 0.15) is 17.5 Å². The van der Waals surface area contributed by atoms with Crippen LogP contribution in [-0.2, 0) is 20.9 Å². The second-order valence-electron chi connectivity index (χ2n) is 4.32. The van der Waals surface area contributed by atoms with E-state index in [9.17, 15) is 9.18 Å². The van der Waals surface area contributed by atoms with Gasteiger partial charge in [0.15, 0.2) is 0 Å². The van der Waals surface area contributed by atoms with E-state index in [2.05, 4.69) is 0 Å². The number of hydrogen-bond acceptors (Lipinski definition) is 3. The molecule has 2 rings (SSSR count). The highest BCUT2D eigenvalue weighted by Gasteiger charge is 2.16. The Labute approximate surface area is 110 Å². The summed E-state index contributed by atoms with van der Waals surface area (Å²) in [5, 5.41) is 8.49. The molecule has 0 amide bonds. The largest absolute Gasteiger partial charge is 0.478 e. The van der Waals surface area contributed by atoms with Gasteiger partial charge < -0.3 is 14.6 Å². The molecule has 1 unspecified atom stereocenters. The Balaban J connectivity index is 1.96. The number of aliphatic carboxylic acids is 1. The molecule has 1 N–H and O–H groups in total. The minimum Gasteiger partial charge on any atom is -0.478 e. The quantitative estimate of drug-likeness (QED) is 0.830. The van der Waals surface area contributed by atoms with Crippen molar-refractivity contribution in [2.45, 2.75) is 19.1 Å². The molecule has 0 radical (unpaired) electrons. The van der Waals surface area contributed by atoms with Gasteiger partial charge in [0, 0.05) is 18.2 Å². The molecule has 1 fully saturated rings. The molecular weight excluding hydrogens is 251 g/mol. The van der Waals surface area contributed by atoms with Crippen LogP contribution in [0.5, 0.6) is 0 Å². The van der Waals surface area contributed by atoms with Gasteiger partial charge in [0.1, 0.15) is 5.82 Å². The van der Waals surface area contributed by atoms with E-state index in [-0.39, 0.29) is 12.7 Å². The third kappa shape index (κ3) is 4.15. The SMILES string of the molecule is O=C(O)C=Cc1ccc(COC2CCOC2)c(F)c1. The molecule has 1 aromatic rings. The van der Waals surface area contributed by atoms with Crippen LogP contribution >= 0.6 is 0 Å². The van der Waals surface area contributed by atoms with Crippen molar-refractivity contribution in [3.8, 4) is 0 Å². The minimum absolute atomic E-state index is 0.0333. The van der Waals surface area contributed by atoms with Crippen molar-refractivity contribution in [3.05, 3.63) is 41.2 Å². The third-order valence-electron chi connectivity index (χ3n) is 2.86. The molecule has 1 aliphatic heterocycles. The fourth-order valence-electron chi connectivity index (χ4n) is 1.80. The first-order valence-electron chi connectivity index (χ1n) is 6.04. The summed E-state index contributed by atoms with van der Waals surface area (Å²) in [4.78, 5) is 10.4. The van der Waals surface area contributed by atoms with Gasteiger partial charge in [0.2, 0.25) is 0 Å². The van der Waals surface area contributed by atoms with Crippen LogP contribution in [0.2, 0.25) is 0 Å². The number of halogens is 1. The Bertz CT molecular complexity index is 478. The van der Waals surface area contributed by atoms with E-state index in [4.69, 9.17) is 14.6 Å². The molecule has 0 aliphatic carbocycles. The van der Waals surface area contributed by atoms with Crippen molar-refractivity contribution >= 4 is 12.0 Å². The fourth-order valence-corrected chi connectivity index (χ4v) is 1.80. The summed E-state index contributed by atoms with van der Waals surface area (Å²) in [6.07, 6.45) is 3.19. The van der Waals surface area contributed by atoms with Crippen molar-refractivity contribution in [1.29, 1.82) is 0 Å². The maximum absolute atomic E-state index is 13.8. The molecule has 1 aromatic carbocycles. The number of hydrogen-bond donors (Lipinski definition) is 1. The van der Waals surface area contributed by atoms with Crippen LogP contribution in [0.3, 0.4) is 0 Å². The van der Waals surface area contributed by atoms with Gasteiger partial charge in [0.25, 0.3) is 0 Å². The van der Waals surface area contributed by atoms with E-state index in [0.29, 0.717) is 24.3 Å². The first-order chi connectivity index (χ1) is 9.15. The van der Waals surface area contributed by atoms with Crippen molar-refractivity contribution in [2.24, 2.45) is 0 Å². The zero-order chi connectivity index (χ0) is 13.7. The predicted octanol–water partition coefficient (Wildman–Crippen LogP) is 2.23. The molecule has 19 heavy (non-hydrogen) atoms. The van der Waals surface area contributed by atoms with Crippen molar-refractivity contribution in [3.63, 3.8) is 0 Å². The Morgan fingerprint density at radius 3 is 3.05 bits per heavy atom. The smallest absolute Gasteiger partial charge is 0.328 e. The molecule has 102 valence electrons. The van der Waals surface area contributed by atoms with Crippen LogP contribution in [0, 0.1) is 5.82 Å². The minimum atomic E-state index is -1.06. The highest BCUT2D eigenvalue weighted by molar-refractivity contribution is 5.85. The average molecular weight is 266 g/mol. The van der Waals surface area contributed by atoms with Crippen LogP contribution in [0.4, 0.5) is 4.39 Å². The monoisotopic (exact) mass is 266 g/mol. The first kappa shape index (κ1) is 13.7. The molecule has 0 aromatic heterocycles. The van der Waals surface area contributed by atoms with Gasteiger partial charge in [-0.15, -0.1) is 0 Å². The van der Waals surface area contributed by atoms with Crippen LogP contribution in [0.15, 0.2) is 24.3 Å². The fraction of sp³-hybridized carbons (Fsp3) is 0.357. The van der Waals surface area contributed by atoms with E-state index in [1.165, 1.54) is 12.1 Å². The Morgan fingerprint density at radius 1 is 1.58 bits per heavy atom. The second kappa shape index (κ2) is 6.45. The Hall–Kier alpha value is -1.72. The lowest BCUT2D eigenvalue weighted by atomic mass is 10.1. The number of carbonyl (C=O) groups is 1. The van der Waals surface area contributed by atoms with E-state index in [1.807, 2.05) is 0 Å². The third-order valence-corrected chi connectivity index (χ3v) is 2.86. The molecule has 1 atom stereocenters. The van der Waals surface area contributed by atoms with Crippen LogP contribution < -0.4 is 0 Å². The molecular formula is C14H15FO4. The van der Waals surface area contributed by atoms with Crippen LogP contribution in [0.25, 0.3) is 6.08 Å². The first-order valence-corrected chi connectivity index (χ1v) is 6.04. The number of benzene rings is 1. The van der Waals surface area contributed by atoms with Gasteiger partial charge >= 0.3 is 5.97 Å². The Morgan fingerprint density at radius 2 is 2.42 bits per heavy atom. The topological polar surface area (TPSA) is 55.8 Å². The normalized spacial score (nSPS) is 19.1. The number of carboxylic acid groups (broad SMARTS) is 1. The Kier molecular flexibility index (Phi) is 4.65. The summed E-state index contributed by atoms with van der Waals surface area (Å²) >= 11 is 0. The van der Waals surface area contributed by atoms with Crippen molar-refractivity contribution in [1.82, 2.24) is 0 Å².